The number of hydrogen-bond donors (Lipinski definition) is 2. The van der Waals surface area contributed by atoms with Crippen molar-refractivity contribution in [1.29, 1.82) is 0 Å². The Labute approximate surface area is 129 Å². The van der Waals surface area contributed by atoms with Crippen molar-refractivity contribution in [1.82, 2.24) is 5.32 Å². The van der Waals surface area contributed by atoms with E-state index < -0.39 is 29.4 Å². The summed E-state index contributed by atoms with van der Waals surface area (Å²) < 4.78 is 4.75. The number of amides is 1. The number of carbonyl (C=O) groups is 3. The maximum Gasteiger partial charge on any atom is 0.338 e. The fourth-order valence-corrected chi connectivity index (χ4v) is 1.68. The van der Waals surface area contributed by atoms with Gasteiger partial charge in [-0.15, -0.1) is 0 Å². The van der Waals surface area contributed by atoms with Gasteiger partial charge in [0.15, 0.2) is 0 Å². The second-order valence-electron chi connectivity index (χ2n) is 5.30. The molecular formula is C16H20N2O4. The zero-order valence-electron chi connectivity index (χ0n) is 12.7. The Morgan fingerprint density at radius 2 is 1.91 bits per heavy atom. The summed E-state index contributed by atoms with van der Waals surface area (Å²) in [5, 5.41) is 2.38. The molecule has 0 aliphatic rings. The molecule has 6 nitrogen and oxygen atoms in total. The normalized spacial score (nSPS) is 12.1. The molecule has 22 heavy (non-hydrogen) atoms. The summed E-state index contributed by atoms with van der Waals surface area (Å²) in [4.78, 5) is 34.9. The SMILES string of the molecule is C=CC(=O)NC(C)(C)C(=O)OC(=O)CC(N)c1ccccc1. The molecule has 0 saturated heterocycles. The maximum atomic E-state index is 11.9. The summed E-state index contributed by atoms with van der Waals surface area (Å²) in [5.74, 6) is -2.13. The minimum Gasteiger partial charge on any atom is -0.391 e. The number of rotatable bonds is 6. The number of ether oxygens (including phenoxy) is 1. The Morgan fingerprint density at radius 1 is 1.32 bits per heavy atom. The minimum atomic E-state index is -1.34. The van der Waals surface area contributed by atoms with Gasteiger partial charge in [0, 0.05) is 6.04 Å². The highest BCUT2D eigenvalue weighted by molar-refractivity contribution is 5.96. The van der Waals surface area contributed by atoms with Crippen LogP contribution in [0.15, 0.2) is 43.0 Å². The first-order chi connectivity index (χ1) is 10.3. The van der Waals surface area contributed by atoms with Gasteiger partial charge in [-0.25, -0.2) is 4.79 Å². The standard InChI is InChI=1S/C16H20N2O4/c1-4-13(19)18-16(2,3)15(21)22-14(20)10-12(17)11-8-6-5-7-9-11/h4-9,12H,1,10,17H2,2-3H3,(H,18,19). The minimum absolute atomic E-state index is 0.138. The molecule has 0 aliphatic heterocycles. The average Bonchev–Trinajstić information content (AvgIpc) is 2.47. The van der Waals surface area contributed by atoms with E-state index in [1.807, 2.05) is 6.07 Å². The fourth-order valence-electron chi connectivity index (χ4n) is 1.68. The van der Waals surface area contributed by atoms with Crippen molar-refractivity contribution in [3.05, 3.63) is 48.6 Å². The van der Waals surface area contributed by atoms with Crippen LogP contribution < -0.4 is 11.1 Å². The van der Waals surface area contributed by atoms with Gasteiger partial charge in [-0.2, -0.15) is 0 Å². The maximum absolute atomic E-state index is 11.9. The topological polar surface area (TPSA) is 98.5 Å². The molecule has 1 rings (SSSR count). The summed E-state index contributed by atoms with van der Waals surface area (Å²) in [7, 11) is 0. The number of benzene rings is 1. The number of hydrogen-bond acceptors (Lipinski definition) is 5. The van der Waals surface area contributed by atoms with E-state index in [-0.39, 0.29) is 6.42 Å². The van der Waals surface area contributed by atoms with Crippen LogP contribution in [0.3, 0.4) is 0 Å². The summed E-state index contributed by atoms with van der Waals surface area (Å²) >= 11 is 0. The fraction of sp³-hybridized carbons (Fsp3) is 0.312. The number of carbonyl (C=O) groups excluding carboxylic acids is 3. The second-order valence-corrected chi connectivity index (χ2v) is 5.30. The zero-order valence-corrected chi connectivity index (χ0v) is 12.7. The van der Waals surface area contributed by atoms with E-state index in [2.05, 4.69) is 11.9 Å². The van der Waals surface area contributed by atoms with E-state index in [0.29, 0.717) is 0 Å². The van der Waals surface area contributed by atoms with E-state index >= 15 is 0 Å². The number of esters is 2. The lowest BCUT2D eigenvalue weighted by Crippen LogP contribution is -2.50. The van der Waals surface area contributed by atoms with Crippen LogP contribution in [0.5, 0.6) is 0 Å². The monoisotopic (exact) mass is 304 g/mol. The quantitative estimate of drug-likeness (QED) is 0.468. The Kier molecular flexibility index (Phi) is 6.00. The summed E-state index contributed by atoms with van der Waals surface area (Å²) in [6, 6.07) is 8.46. The molecule has 1 aromatic rings. The van der Waals surface area contributed by atoms with E-state index in [1.54, 1.807) is 24.3 Å². The molecule has 1 aromatic carbocycles. The summed E-state index contributed by atoms with van der Waals surface area (Å²) in [6.45, 7) is 6.15. The Morgan fingerprint density at radius 3 is 2.45 bits per heavy atom. The van der Waals surface area contributed by atoms with E-state index in [0.717, 1.165) is 11.6 Å². The van der Waals surface area contributed by atoms with Gasteiger partial charge in [0.25, 0.3) is 0 Å². The second kappa shape index (κ2) is 7.51. The Balaban J connectivity index is 2.59. The van der Waals surface area contributed by atoms with Gasteiger partial charge in [-0.3, -0.25) is 9.59 Å². The first-order valence-electron chi connectivity index (χ1n) is 6.76. The van der Waals surface area contributed by atoms with Gasteiger partial charge >= 0.3 is 11.9 Å². The summed E-state index contributed by atoms with van der Waals surface area (Å²) in [6.07, 6.45) is 0.892. The molecule has 1 amide bonds. The van der Waals surface area contributed by atoms with E-state index in [1.165, 1.54) is 13.8 Å². The predicted octanol–water partition coefficient (Wildman–Crippen LogP) is 1.23. The van der Waals surface area contributed by atoms with Gasteiger partial charge in [-0.05, 0) is 25.5 Å². The van der Waals surface area contributed by atoms with Crippen molar-refractivity contribution < 1.29 is 19.1 Å². The van der Waals surface area contributed by atoms with Crippen LogP contribution in [-0.2, 0) is 19.1 Å². The molecular weight excluding hydrogens is 284 g/mol. The molecule has 1 unspecified atom stereocenters. The molecule has 1 atom stereocenters. The molecule has 0 spiro atoms. The molecule has 0 heterocycles. The molecule has 3 N–H and O–H groups in total. The van der Waals surface area contributed by atoms with Gasteiger partial charge < -0.3 is 15.8 Å². The highest BCUT2D eigenvalue weighted by Crippen LogP contribution is 2.15. The van der Waals surface area contributed by atoms with Gasteiger partial charge in [0.1, 0.15) is 5.54 Å². The number of nitrogens with two attached hydrogens (primary N) is 1. The molecule has 118 valence electrons. The van der Waals surface area contributed by atoms with Crippen LogP contribution >= 0.6 is 0 Å². The van der Waals surface area contributed by atoms with Crippen LogP contribution in [0.25, 0.3) is 0 Å². The molecule has 0 fully saturated rings. The van der Waals surface area contributed by atoms with Crippen molar-refractivity contribution in [3.63, 3.8) is 0 Å². The molecule has 0 aromatic heterocycles. The highest BCUT2D eigenvalue weighted by atomic mass is 16.6. The van der Waals surface area contributed by atoms with Crippen molar-refractivity contribution >= 4 is 17.8 Å². The third-order valence-corrected chi connectivity index (χ3v) is 2.95. The molecule has 0 saturated carbocycles. The first kappa shape index (κ1) is 17.6. The van der Waals surface area contributed by atoms with Crippen molar-refractivity contribution in [3.8, 4) is 0 Å². The van der Waals surface area contributed by atoms with E-state index in [9.17, 15) is 14.4 Å². The Hall–Kier alpha value is -2.47. The lowest BCUT2D eigenvalue weighted by molar-refractivity contribution is -0.164. The van der Waals surface area contributed by atoms with Crippen LogP contribution in [0.2, 0.25) is 0 Å². The van der Waals surface area contributed by atoms with E-state index in [4.69, 9.17) is 10.5 Å². The highest BCUT2D eigenvalue weighted by Gasteiger charge is 2.32. The van der Waals surface area contributed by atoms with Gasteiger partial charge in [-0.1, -0.05) is 36.9 Å². The average molecular weight is 304 g/mol. The van der Waals surface area contributed by atoms with Gasteiger partial charge in [0.2, 0.25) is 5.91 Å². The molecule has 6 heteroatoms. The predicted molar refractivity (Wildman–Crippen MR) is 81.5 cm³/mol. The van der Waals surface area contributed by atoms with Crippen LogP contribution in [0, 0.1) is 0 Å². The Bertz CT molecular complexity index is 567. The molecule has 0 radical (unpaired) electrons. The number of nitrogens with one attached hydrogen (secondary N) is 1. The largest absolute Gasteiger partial charge is 0.391 e. The molecule has 0 bridgehead atoms. The van der Waals surface area contributed by atoms with Crippen molar-refractivity contribution in [2.24, 2.45) is 5.73 Å². The van der Waals surface area contributed by atoms with Crippen molar-refractivity contribution in [2.75, 3.05) is 0 Å². The first-order valence-corrected chi connectivity index (χ1v) is 6.76. The smallest absolute Gasteiger partial charge is 0.338 e. The van der Waals surface area contributed by atoms with Crippen LogP contribution in [-0.4, -0.2) is 23.4 Å². The lowest BCUT2D eigenvalue weighted by Gasteiger charge is -2.22. The lowest BCUT2D eigenvalue weighted by atomic mass is 10.0. The third-order valence-electron chi connectivity index (χ3n) is 2.95. The zero-order chi connectivity index (χ0) is 16.8. The molecule has 0 aliphatic carbocycles. The van der Waals surface area contributed by atoms with Crippen LogP contribution in [0.4, 0.5) is 0 Å². The van der Waals surface area contributed by atoms with Crippen molar-refractivity contribution in [2.45, 2.75) is 31.8 Å². The summed E-state index contributed by atoms with van der Waals surface area (Å²) in [5.41, 5.74) is 5.32. The van der Waals surface area contributed by atoms with Crippen LogP contribution in [0.1, 0.15) is 31.9 Å². The van der Waals surface area contributed by atoms with Gasteiger partial charge in [0.05, 0.1) is 6.42 Å². The third kappa shape index (κ3) is 5.14.